The first-order valence-electron chi connectivity index (χ1n) is 13.1. The minimum atomic E-state index is -0.264. The molecule has 0 fully saturated rings. The number of nitrogens with zero attached hydrogens (tertiary/aromatic N) is 1. The highest BCUT2D eigenvalue weighted by molar-refractivity contribution is 6.26. The first kappa shape index (κ1) is 31.3. The average Bonchev–Trinajstić information content (AvgIpc) is 2.86. The molecule has 0 bridgehead atoms. The van der Waals surface area contributed by atoms with E-state index in [1.165, 1.54) is 37.6 Å². The third-order valence-corrected chi connectivity index (χ3v) is 6.85. The number of unbranched alkanes of at least 4 members (excludes halogenated alkanes) is 4. The van der Waals surface area contributed by atoms with E-state index < -0.39 is 0 Å². The third-order valence-electron chi connectivity index (χ3n) is 6.58. The number of allylic oxidation sites excluding steroid dienone is 1. The minimum absolute atomic E-state index is 0.000875. The van der Waals surface area contributed by atoms with Crippen LogP contribution in [0.2, 0.25) is 0 Å². The molecule has 0 radical (unpaired) electrons. The van der Waals surface area contributed by atoms with Crippen LogP contribution in [0.5, 0.6) is 0 Å². The molecule has 0 aromatic rings. The van der Waals surface area contributed by atoms with Gasteiger partial charge in [0.25, 0.3) is 0 Å². The molecule has 0 N–H and O–H groups in total. The topological polar surface area (TPSA) is 55.8 Å². The van der Waals surface area contributed by atoms with Crippen molar-refractivity contribution in [2.45, 2.75) is 90.3 Å². The van der Waals surface area contributed by atoms with E-state index in [-0.39, 0.29) is 29.8 Å². The fourth-order valence-electron chi connectivity index (χ4n) is 4.24. The van der Waals surface area contributed by atoms with Crippen LogP contribution >= 0.6 is 11.6 Å². The van der Waals surface area contributed by atoms with Crippen molar-refractivity contribution in [3.05, 3.63) is 47.6 Å². The predicted molar refractivity (Wildman–Crippen MR) is 146 cm³/mol. The zero-order valence-corrected chi connectivity index (χ0v) is 23.0. The summed E-state index contributed by atoms with van der Waals surface area (Å²) in [6.07, 6.45) is 17.8. The van der Waals surface area contributed by atoms with Gasteiger partial charge in [-0.2, -0.15) is 0 Å². The zero-order valence-electron chi connectivity index (χ0n) is 22.3. The molecular weight excluding hydrogens is 462 g/mol. The molecule has 1 rings (SSSR count). The maximum absolute atomic E-state index is 12.9. The summed E-state index contributed by atoms with van der Waals surface area (Å²) in [5, 5.41) is 0. The molecular formula is C29H46ClNO4. The van der Waals surface area contributed by atoms with Crippen molar-refractivity contribution < 1.29 is 19.1 Å². The van der Waals surface area contributed by atoms with Crippen molar-refractivity contribution in [3.63, 3.8) is 0 Å². The van der Waals surface area contributed by atoms with Crippen LogP contribution in [-0.2, 0) is 19.1 Å². The molecule has 1 amide bonds. The van der Waals surface area contributed by atoms with E-state index in [4.69, 9.17) is 21.1 Å². The number of hydrogen-bond donors (Lipinski definition) is 0. The summed E-state index contributed by atoms with van der Waals surface area (Å²) in [4.78, 5) is 27.2. The Balaban J connectivity index is 2.46. The van der Waals surface area contributed by atoms with Crippen LogP contribution in [0.3, 0.4) is 0 Å². The highest BCUT2D eigenvalue weighted by Crippen LogP contribution is 2.28. The standard InChI is InChI=1S/C29H46ClNO4/c1-6-8-9-10-12-15-25(34-5)16-13-11-14-17-28(32)31(4)22-24(21-30)26-18-19-27(35-20-7-2)23(3)29(26)33/h7,11,13,18,21,23,25,27H,2,6,8-10,12,14-17,19-20,22H2,1,3-5H3/b13-11+,24-21-/t23-,25+,27-/m1/s1. The van der Waals surface area contributed by atoms with E-state index in [9.17, 15) is 9.59 Å². The Morgan fingerprint density at radius 2 is 2.03 bits per heavy atom. The van der Waals surface area contributed by atoms with Gasteiger partial charge in [-0.1, -0.05) is 81.9 Å². The fourth-order valence-corrected chi connectivity index (χ4v) is 4.43. The van der Waals surface area contributed by atoms with E-state index in [2.05, 4.69) is 25.7 Å². The highest BCUT2D eigenvalue weighted by Gasteiger charge is 2.32. The Morgan fingerprint density at radius 1 is 1.29 bits per heavy atom. The van der Waals surface area contributed by atoms with Gasteiger partial charge in [0.1, 0.15) is 0 Å². The lowest BCUT2D eigenvalue weighted by Gasteiger charge is -2.29. The Kier molecular flexibility index (Phi) is 16.6. The van der Waals surface area contributed by atoms with Crippen molar-refractivity contribution in [2.75, 3.05) is 27.3 Å². The number of amides is 1. The summed E-state index contributed by atoms with van der Waals surface area (Å²) in [5.41, 5.74) is 2.67. The number of ketones is 1. The molecule has 5 nitrogen and oxygen atoms in total. The quantitative estimate of drug-likeness (QED) is 0.151. The van der Waals surface area contributed by atoms with Crippen LogP contribution in [0.15, 0.2) is 47.6 Å². The van der Waals surface area contributed by atoms with Gasteiger partial charge >= 0.3 is 0 Å². The van der Waals surface area contributed by atoms with Gasteiger partial charge in [0, 0.05) is 44.1 Å². The van der Waals surface area contributed by atoms with E-state index in [1.54, 1.807) is 25.1 Å². The van der Waals surface area contributed by atoms with Crippen molar-refractivity contribution in [1.29, 1.82) is 0 Å². The smallest absolute Gasteiger partial charge is 0.222 e. The molecule has 0 aromatic carbocycles. The molecule has 3 atom stereocenters. The molecule has 1 aliphatic rings. The van der Waals surface area contributed by atoms with Crippen LogP contribution in [0, 0.1) is 5.92 Å². The van der Waals surface area contributed by atoms with Crippen molar-refractivity contribution in [3.8, 4) is 0 Å². The first-order valence-corrected chi connectivity index (χ1v) is 13.5. The Labute approximate surface area is 218 Å². The van der Waals surface area contributed by atoms with Gasteiger partial charge in [0.2, 0.25) is 5.91 Å². The number of halogens is 1. The van der Waals surface area contributed by atoms with Gasteiger partial charge in [-0.25, -0.2) is 0 Å². The average molecular weight is 508 g/mol. The van der Waals surface area contributed by atoms with Crippen molar-refractivity contribution in [1.82, 2.24) is 4.90 Å². The number of rotatable bonds is 18. The summed E-state index contributed by atoms with van der Waals surface area (Å²) in [7, 11) is 3.52. The second-order valence-electron chi connectivity index (χ2n) is 9.36. The second kappa shape index (κ2) is 18.6. The van der Waals surface area contributed by atoms with Gasteiger partial charge in [-0.05, 0) is 31.3 Å². The summed E-state index contributed by atoms with van der Waals surface area (Å²) in [6, 6.07) is 0. The van der Waals surface area contributed by atoms with Crippen LogP contribution < -0.4 is 0 Å². The number of ether oxygens (including phenoxy) is 2. The van der Waals surface area contributed by atoms with Gasteiger partial charge in [-0.15, -0.1) is 6.58 Å². The molecule has 0 aromatic heterocycles. The highest BCUT2D eigenvalue weighted by atomic mass is 35.5. The van der Waals surface area contributed by atoms with E-state index >= 15 is 0 Å². The van der Waals surface area contributed by atoms with Crippen molar-refractivity contribution >= 4 is 23.3 Å². The summed E-state index contributed by atoms with van der Waals surface area (Å²) in [5.74, 6) is -0.243. The minimum Gasteiger partial charge on any atom is -0.381 e. The molecule has 0 spiro atoms. The number of methoxy groups -OCH3 is 1. The van der Waals surface area contributed by atoms with Gasteiger partial charge in [0.15, 0.2) is 5.78 Å². The largest absolute Gasteiger partial charge is 0.381 e. The predicted octanol–water partition coefficient (Wildman–Crippen LogP) is 6.78. The molecule has 0 aliphatic heterocycles. The number of hydrogen-bond acceptors (Lipinski definition) is 4. The fraction of sp³-hybridized carbons (Fsp3) is 0.655. The lowest BCUT2D eigenvalue weighted by Crippen LogP contribution is -2.35. The summed E-state index contributed by atoms with van der Waals surface area (Å²) >= 11 is 6.07. The Morgan fingerprint density at radius 3 is 2.69 bits per heavy atom. The first-order chi connectivity index (χ1) is 16.9. The Hall–Kier alpha value is -1.69. The monoisotopic (exact) mass is 507 g/mol. The second-order valence-corrected chi connectivity index (χ2v) is 9.58. The van der Waals surface area contributed by atoms with Crippen LogP contribution in [0.25, 0.3) is 0 Å². The number of carbonyl (C=O) groups is 2. The number of likely N-dealkylation sites (N-methyl/N-ethyl adjacent to an activating group) is 1. The molecule has 6 heteroatoms. The van der Waals surface area contributed by atoms with Gasteiger partial charge < -0.3 is 14.4 Å². The van der Waals surface area contributed by atoms with E-state index in [0.29, 0.717) is 43.6 Å². The van der Waals surface area contributed by atoms with Gasteiger partial charge in [0.05, 0.1) is 18.8 Å². The summed E-state index contributed by atoms with van der Waals surface area (Å²) in [6.45, 7) is 8.48. The van der Waals surface area contributed by atoms with E-state index in [1.807, 2.05) is 13.0 Å². The normalized spacial score (nSPS) is 19.6. The number of carbonyl (C=O) groups excluding carboxylic acids is 2. The maximum Gasteiger partial charge on any atom is 0.222 e. The molecule has 198 valence electrons. The lowest BCUT2D eigenvalue weighted by atomic mass is 9.83. The lowest BCUT2D eigenvalue weighted by molar-refractivity contribution is -0.129. The number of Topliss-reactive ketones (excluding diaryl/α,β-unsaturated/α-hetero) is 1. The SMILES string of the molecule is C=CCO[C@@H]1CC=C(/C(=C\Cl)CN(C)C(=O)CC/C=C/C[C@H](CCCCCCC)OC)C(=O)[C@@H]1C. The molecule has 35 heavy (non-hydrogen) atoms. The molecule has 0 saturated carbocycles. The molecule has 1 aliphatic carbocycles. The third kappa shape index (κ3) is 11.7. The summed E-state index contributed by atoms with van der Waals surface area (Å²) < 4.78 is 11.3. The van der Waals surface area contributed by atoms with Gasteiger partial charge in [-0.3, -0.25) is 9.59 Å². The molecule has 0 heterocycles. The Bertz CT molecular complexity index is 743. The van der Waals surface area contributed by atoms with Crippen LogP contribution in [0.1, 0.15) is 78.1 Å². The molecule has 0 saturated heterocycles. The zero-order chi connectivity index (χ0) is 26.1. The molecule has 0 unspecified atom stereocenters. The van der Waals surface area contributed by atoms with Crippen LogP contribution in [0.4, 0.5) is 0 Å². The van der Waals surface area contributed by atoms with Crippen LogP contribution in [-0.4, -0.2) is 56.1 Å². The maximum atomic E-state index is 12.9. The van der Waals surface area contributed by atoms with Crippen molar-refractivity contribution in [2.24, 2.45) is 5.92 Å². The van der Waals surface area contributed by atoms with E-state index in [0.717, 1.165) is 12.8 Å².